The largest absolute Gasteiger partial charge is 0.497 e. The Labute approximate surface area is 123 Å². The van der Waals surface area contributed by atoms with Crippen LogP contribution in [0.25, 0.3) is 11.1 Å². The molecular formula is C17H16O4. The minimum Gasteiger partial charge on any atom is -0.497 e. The molecule has 0 fully saturated rings. The van der Waals surface area contributed by atoms with Gasteiger partial charge in [0.2, 0.25) is 0 Å². The summed E-state index contributed by atoms with van der Waals surface area (Å²) in [6, 6.07) is 12.5. The van der Waals surface area contributed by atoms with Crippen molar-refractivity contribution in [2.24, 2.45) is 0 Å². The van der Waals surface area contributed by atoms with E-state index in [1.54, 1.807) is 37.4 Å². The standard InChI is InChI=1S/C17H16O4/c1-11(18)14-5-4-6-15(16(14)17(19)21-3)12-7-9-13(20-2)10-8-12/h4-10H,1-3H3. The quantitative estimate of drug-likeness (QED) is 0.638. The van der Waals surface area contributed by atoms with Gasteiger partial charge in [0, 0.05) is 5.56 Å². The summed E-state index contributed by atoms with van der Waals surface area (Å²) in [6.07, 6.45) is 0. The number of rotatable bonds is 4. The zero-order chi connectivity index (χ0) is 15.4. The fraction of sp³-hybridized carbons (Fsp3) is 0.176. The van der Waals surface area contributed by atoms with E-state index in [-0.39, 0.29) is 11.3 Å². The monoisotopic (exact) mass is 284 g/mol. The van der Waals surface area contributed by atoms with Gasteiger partial charge in [0.15, 0.2) is 5.78 Å². The van der Waals surface area contributed by atoms with Gasteiger partial charge in [-0.1, -0.05) is 30.3 Å². The third-order valence-corrected chi connectivity index (χ3v) is 3.23. The summed E-state index contributed by atoms with van der Waals surface area (Å²) in [6.45, 7) is 1.43. The second-order valence-corrected chi connectivity index (χ2v) is 4.50. The minimum atomic E-state index is -0.522. The highest BCUT2D eigenvalue weighted by Gasteiger charge is 2.20. The summed E-state index contributed by atoms with van der Waals surface area (Å²) in [5, 5.41) is 0. The maximum absolute atomic E-state index is 12.1. The van der Waals surface area contributed by atoms with Gasteiger partial charge in [-0.2, -0.15) is 0 Å². The molecule has 2 aromatic rings. The van der Waals surface area contributed by atoms with Crippen molar-refractivity contribution < 1.29 is 19.1 Å². The molecule has 0 N–H and O–H groups in total. The van der Waals surface area contributed by atoms with Gasteiger partial charge in [-0.15, -0.1) is 0 Å². The van der Waals surface area contributed by atoms with Crippen LogP contribution in [0.2, 0.25) is 0 Å². The molecule has 0 radical (unpaired) electrons. The second-order valence-electron chi connectivity index (χ2n) is 4.50. The molecule has 0 aliphatic heterocycles. The van der Waals surface area contributed by atoms with Gasteiger partial charge in [-0.25, -0.2) is 4.79 Å². The molecule has 0 atom stereocenters. The summed E-state index contributed by atoms with van der Waals surface area (Å²) < 4.78 is 9.94. The molecule has 0 aromatic heterocycles. The molecule has 0 amide bonds. The molecule has 4 nitrogen and oxygen atoms in total. The number of ether oxygens (including phenoxy) is 2. The van der Waals surface area contributed by atoms with Gasteiger partial charge in [0.1, 0.15) is 5.75 Å². The van der Waals surface area contributed by atoms with Crippen molar-refractivity contribution in [1.29, 1.82) is 0 Å². The van der Waals surface area contributed by atoms with Gasteiger partial charge < -0.3 is 9.47 Å². The first-order chi connectivity index (χ1) is 10.1. The predicted molar refractivity (Wildman–Crippen MR) is 79.8 cm³/mol. The van der Waals surface area contributed by atoms with Gasteiger partial charge in [-0.3, -0.25) is 4.79 Å². The first-order valence-electron chi connectivity index (χ1n) is 6.45. The van der Waals surface area contributed by atoms with E-state index in [1.807, 2.05) is 12.1 Å². The lowest BCUT2D eigenvalue weighted by molar-refractivity contribution is 0.0598. The summed E-state index contributed by atoms with van der Waals surface area (Å²) in [7, 11) is 2.89. The maximum atomic E-state index is 12.1. The molecule has 2 rings (SSSR count). The van der Waals surface area contributed by atoms with E-state index >= 15 is 0 Å². The molecule has 0 saturated carbocycles. The van der Waals surface area contributed by atoms with Gasteiger partial charge in [-0.05, 0) is 30.2 Å². The highest BCUT2D eigenvalue weighted by molar-refractivity contribution is 6.09. The first kappa shape index (κ1) is 14.8. The van der Waals surface area contributed by atoms with Crippen molar-refractivity contribution in [1.82, 2.24) is 0 Å². The zero-order valence-corrected chi connectivity index (χ0v) is 12.2. The molecular weight excluding hydrogens is 268 g/mol. The zero-order valence-electron chi connectivity index (χ0n) is 12.2. The lowest BCUT2D eigenvalue weighted by Crippen LogP contribution is -2.10. The fourth-order valence-corrected chi connectivity index (χ4v) is 2.18. The molecule has 21 heavy (non-hydrogen) atoms. The molecule has 108 valence electrons. The Balaban J connectivity index is 2.64. The Bertz CT molecular complexity index is 672. The summed E-state index contributed by atoms with van der Waals surface area (Å²) in [4.78, 5) is 23.8. The SMILES string of the molecule is COC(=O)c1c(C(C)=O)cccc1-c1ccc(OC)cc1. The van der Waals surface area contributed by atoms with Gasteiger partial charge >= 0.3 is 5.97 Å². The Morgan fingerprint density at radius 1 is 0.952 bits per heavy atom. The van der Waals surface area contributed by atoms with Crippen molar-refractivity contribution in [3.05, 3.63) is 53.6 Å². The van der Waals surface area contributed by atoms with Gasteiger partial charge in [0.05, 0.1) is 19.8 Å². The summed E-state index contributed by atoms with van der Waals surface area (Å²) >= 11 is 0. The fourth-order valence-electron chi connectivity index (χ4n) is 2.18. The van der Waals surface area contributed by atoms with Crippen LogP contribution >= 0.6 is 0 Å². The molecule has 0 heterocycles. The second kappa shape index (κ2) is 6.22. The lowest BCUT2D eigenvalue weighted by Gasteiger charge is -2.12. The Morgan fingerprint density at radius 3 is 2.14 bits per heavy atom. The van der Waals surface area contributed by atoms with Crippen LogP contribution in [0.4, 0.5) is 0 Å². The highest BCUT2D eigenvalue weighted by Crippen LogP contribution is 2.29. The molecule has 0 bridgehead atoms. The summed E-state index contributed by atoms with van der Waals surface area (Å²) in [5.41, 5.74) is 2.13. The summed E-state index contributed by atoms with van der Waals surface area (Å²) in [5.74, 6) is 0.0264. The number of hydrogen-bond acceptors (Lipinski definition) is 4. The van der Waals surface area contributed by atoms with E-state index in [1.165, 1.54) is 14.0 Å². The smallest absolute Gasteiger partial charge is 0.339 e. The number of Topliss-reactive ketones (excluding diaryl/α,β-unsaturated/α-hetero) is 1. The van der Waals surface area contributed by atoms with Crippen LogP contribution in [0.5, 0.6) is 5.75 Å². The Morgan fingerprint density at radius 2 is 1.62 bits per heavy atom. The van der Waals surface area contributed by atoms with Crippen LogP contribution in [0.1, 0.15) is 27.6 Å². The van der Waals surface area contributed by atoms with E-state index < -0.39 is 5.97 Å². The maximum Gasteiger partial charge on any atom is 0.339 e. The molecule has 0 spiro atoms. The minimum absolute atomic E-state index is 0.175. The number of carbonyl (C=O) groups excluding carboxylic acids is 2. The van der Waals surface area contributed by atoms with E-state index in [9.17, 15) is 9.59 Å². The number of methoxy groups -OCH3 is 2. The average Bonchev–Trinajstić information content (AvgIpc) is 2.53. The van der Waals surface area contributed by atoms with Gasteiger partial charge in [0.25, 0.3) is 0 Å². The van der Waals surface area contributed by atoms with Crippen LogP contribution in [0, 0.1) is 0 Å². The predicted octanol–water partition coefficient (Wildman–Crippen LogP) is 3.35. The van der Waals surface area contributed by atoms with Crippen molar-refractivity contribution in [2.75, 3.05) is 14.2 Å². The Kier molecular flexibility index (Phi) is 4.38. The van der Waals surface area contributed by atoms with Crippen LogP contribution in [-0.4, -0.2) is 26.0 Å². The molecule has 0 saturated heterocycles. The molecule has 0 unspecified atom stereocenters. The van der Waals surface area contributed by atoms with E-state index in [0.717, 1.165) is 11.3 Å². The topological polar surface area (TPSA) is 52.6 Å². The number of hydrogen-bond donors (Lipinski definition) is 0. The van der Waals surface area contributed by atoms with Crippen LogP contribution in [-0.2, 0) is 4.74 Å². The average molecular weight is 284 g/mol. The molecule has 2 aromatic carbocycles. The number of esters is 1. The first-order valence-corrected chi connectivity index (χ1v) is 6.45. The van der Waals surface area contributed by atoms with E-state index in [4.69, 9.17) is 9.47 Å². The van der Waals surface area contributed by atoms with Crippen molar-refractivity contribution in [3.63, 3.8) is 0 Å². The molecule has 4 heteroatoms. The highest BCUT2D eigenvalue weighted by atomic mass is 16.5. The van der Waals surface area contributed by atoms with E-state index in [0.29, 0.717) is 11.1 Å². The normalized spacial score (nSPS) is 10.0. The number of carbonyl (C=O) groups is 2. The van der Waals surface area contributed by atoms with Crippen molar-refractivity contribution >= 4 is 11.8 Å². The third kappa shape index (κ3) is 2.94. The van der Waals surface area contributed by atoms with Crippen molar-refractivity contribution in [3.8, 4) is 16.9 Å². The van der Waals surface area contributed by atoms with E-state index in [2.05, 4.69) is 0 Å². The van der Waals surface area contributed by atoms with Crippen molar-refractivity contribution in [2.45, 2.75) is 6.92 Å². The van der Waals surface area contributed by atoms with Crippen LogP contribution in [0.15, 0.2) is 42.5 Å². The number of ketones is 1. The lowest BCUT2D eigenvalue weighted by atomic mass is 9.94. The van der Waals surface area contributed by atoms with Crippen LogP contribution in [0.3, 0.4) is 0 Å². The third-order valence-electron chi connectivity index (χ3n) is 3.23. The number of benzene rings is 2. The Hall–Kier alpha value is -2.62. The molecule has 0 aliphatic rings. The van der Waals surface area contributed by atoms with Crippen LogP contribution < -0.4 is 4.74 Å². The molecule has 0 aliphatic carbocycles.